The van der Waals surface area contributed by atoms with Crippen LogP contribution in [0.1, 0.15) is 17.5 Å². The van der Waals surface area contributed by atoms with E-state index in [0.717, 1.165) is 21.9 Å². The van der Waals surface area contributed by atoms with Crippen molar-refractivity contribution in [1.82, 2.24) is 15.0 Å². The number of fused-ring (bicyclic) bond motifs is 1. The van der Waals surface area contributed by atoms with E-state index in [1.165, 1.54) is 7.11 Å². The molecule has 5 aromatic rings. The Labute approximate surface area is 248 Å². The zero-order valence-electron chi connectivity index (χ0n) is 23.7. The minimum absolute atomic E-state index is 0.0721. The Kier molecular flexibility index (Phi) is 8.91. The second kappa shape index (κ2) is 13.3. The lowest BCUT2D eigenvalue weighted by molar-refractivity contribution is -0.136. The normalized spacial score (nSPS) is 10.7. The average molecular weight is 579 g/mol. The molecule has 0 radical (unpaired) electrons. The maximum atomic E-state index is 13.0. The highest BCUT2D eigenvalue weighted by molar-refractivity contribution is 5.99. The van der Waals surface area contributed by atoms with Crippen LogP contribution in [0.3, 0.4) is 0 Å². The van der Waals surface area contributed by atoms with Gasteiger partial charge in [0.2, 0.25) is 11.9 Å². The van der Waals surface area contributed by atoms with E-state index in [1.807, 2.05) is 67.6 Å². The van der Waals surface area contributed by atoms with E-state index in [0.29, 0.717) is 23.7 Å². The van der Waals surface area contributed by atoms with Crippen molar-refractivity contribution >= 4 is 40.4 Å². The molecule has 11 heteroatoms. The van der Waals surface area contributed by atoms with Crippen LogP contribution in [0.4, 0.5) is 22.4 Å². The molecule has 5 rings (SSSR count). The van der Waals surface area contributed by atoms with Crippen LogP contribution in [-0.2, 0) is 11.3 Å². The van der Waals surface area contributed by atoms with Gasteiger partial charge in [0.05, 0.1) is 19.2 Å². The van der Waals surface area contributed by atoms with Crippen molar-refractivity contribution in [3.8, 4) is 17.5 Å². The van der Waals surface area contributed by atoms with Gasteiger partial charge in [-0.05, 0) is 47.5 Å². The molecule has 218 valence electrons. The van der Waals surface area contributed by atoms with Gasteiger partial charge in [0.15, 0.2) is 0 Å². The second-order valence-electron chi connectivity index (χ2n) is 9.68. The molecule has 2 amide bonds. The number of methoxy groups -OCH3 is 1. The molecule has 0 saturated carbocycles. The first-order valence-corrected chi connectivity index (χ1v) is 13.5. The molecule has 0 unspecified atom stereocenters. The molecule has 0 spiro atoms. The first-order valence-electron chi connectivity index (χ1n) is 13.5. The summed E-state index contributed by atoms with van der Waals surface area (Å²) in [7, 11) is 1.51. The van der Waals surface area contributed by atoms with Crippen molar-refractivity contribution in [2.24, 2.45) is 0 Å². The van der Waals surface area contributed by atoms with Crippen LogP contribution in [0.2, 0.25) is 0 Å². The summed E-state index contributed by atoms with van der Waals surface area (Å²) < 4.78 is 11.4. The fraction of sp³-hybridized carbons (Fsp3) is 0.156. The Balaban J connectivity index is 1.48. The topological polar surface area (TPSA) is 139 Å². The lowest BCUT2D eigenvalue weighted by Crippen LogP contribution is -2.29. The van der Waals surface area contributed by atoms with Gasteiger partial charge in [-0.25, -0.2) is 4.79 Å². The predicted octanol–water partition coefficient (Wildman–Crippen LogP) is 6.26. The number of aromatic nitrogens is 3. The molecule has 11 nitrogen and oxygen atoms in total. The van der Waals surface area contributed by atoms with Crippen LogP contribution < -0.4 is 25.0 Å². The highest BCUT2D eigenvalue weighted by Gasteiger charge is 2.19. The third-order valence-electron chi connectivity index (χ3n) is 6.49. The molecule has 1 aromatic heterocycles. The molecule has 0 aliphatic carbocycles. The molecule has 4 aromatic carbocycles. The number of rotatable bonds is 11. The number of carbonyl (C=O) groups is 2. The van der Waals surface area contributed by atoms with Gasteiger partial charge >= 0.3 is 18.0 Å². The summed E-state index contributed by atoms with van der Waals surface area (Å²) in [5.74, 6) is 0.0471. The van der Waals surface area contributed by atoms with Gasteiger partial charge in [-0.3, -0.25) is 10.1 Å². The quantitative estimate of drug-likeness (QED) is 0.166. The van der Waals surface area contributed by atoms with E-state index in [9.17, 15) is 14.7 Å². The van der Waals surface area contributed by atoms with E-state index in [2.05, 4.69) is 25.6 Å². The van der Waals surface area contributed by atoms with Gasteiger partial charge in [0.1, 0.15) is 11.5 Å². The van der Waals surface area contributed by atoms with Crippen LogP contribution in [0.25, 0.3) is 10.8 Å². The first-order chi connectivity index (χ1) is 20.9. The molecule has 0 aliphatic heterocycles. The molecule has 0 fully saturated rings. The highest BCUT2D eigenvalue weighted by Crippen LogP contribution is 2.27. The number of carbonyl (C=O) groups excluding carboxylic acids is 1. The van der Waals surface area contributed by atoms with Gasteiger partial charge in [0, 0.05) is 13.1 Å². The molecule has 43 heavy (non-hydrogen) atoms. The van der Waals surface area contributed by atoms with Crippen LogP contribution >= 0.6 is 0 Å². The Morgan fingerprint density at radius 1 is 0.860 bits per heavy atom. The number of ether oxygens (including phenoxy) is 2. The number of anilines is 3. The molecule has 1 heterocycles. The van der Waals surface area contributed by atoms with Crippen molar-refractivity contribution in [1.29, 1.82) is 0 Å². The summed E-state index contributed by atoms with van der Waals surface area (Å²) >= 11 is 0. The van der Waals surface area contributed by atoms with Crippen LogP contribution in [0.5, 0.6) is 17.5 Å². The van der Waals surface area contributed by atoms with E-state index >= 15 is 0 Å². The van der Waals surface area contributed by atoms with Crippen molar-refractivity contribution < 1.29 is 24.2 Å². The smallest absolute Gasteiger partial charge is 0.328 e. The average Bonchev–Trinajstić information content (AvgIpc) is 3.00. The molecular formula is C32H30N6O5. The van der Waals surface area contributed by atoms with Crippen LogP contribution in [0, 0.1) is 6.92 Å². The van der Waals surface area contributed by atoms with E-state index < -0.39 is 12.0 Å². The lowest BCUT2D eigenvalue weighted by Gasteiger charge is -2.23. The van der Waals surface area contributed by atoms with Crippen molar-refractivity contribution in [3.63, 3.8) is 0 Å². The van der Waals surface area contributed by atoms with Gasteiger partial charge in [-0.15, -0.1) is 0 Å². The molecule has 0 aliphatic rings. The van der Waals surface area contributed by atoms with Crippen molar-refractivity contribution in [3.05, 3.63) is 102 Å². The van der Waals surface area contributed by atoms with Crippen LogP contribution in [-0.4, -0.2) is 45.7 Å². The number of nitrogens with zero attached hydrogens (tertiary/aromatic N) is 4. The van der Waals surface area contributed by atoms with E-state index in [-0.39, 0.29) is 30.9 Å². The number of aryl methyl sites for hydroxylation is 1. The first kappa shape index (κ1) is 28.8. The summed E-state index contributed by atoms with van der Waals surface area (Å²) in [5, 5.41) is 16.8. The molecule has 3 N–H and O–H groups in total. The number of carboxylic acids is 1. The fourth-order valence-electron chi connectivity index (χ4n) is 4.32. The minimum atomic E-state index is -0.967. The second-order valence-corrected chi connectivity index (χ2v) is 9.68. The van der Waals surface area contributed by atoms with E-state index in [4.69, 9.17) is 9.47 Å². The number of nitrogens with one attached hydrogen (secondary N) is 2. The number of urea groups is 1. The Morgan fingerprint density at radius 2 is 1.60 bits per heavy atom. The van der Waals surface area contributed by atoms with Crippen LogP contribution in [0.15, 0.2) is 91.0 Å². The number of para-hydroxylation sites is 2. The molecule has 0 bridgehead atoms. The standard InChI is InChI=1S/C32H30N6O5/c1-21-11-13-22(14-12-21)20-38(18-17-28(39)40)30-34-29(35-31(41)33-26-9-5-6-10-27(26)42-2)36-32(37-30)43-25-16-15-23-7-3-4-8-24(23)19-25/h3-16,19H,17-18,20H2,1-2H3,(H,39,40)(H2,33,34,35,36,37,41). The van der Waals surface area contributed by atoms with Gasteiger partial charge in [-0.1, -0.05) is 72.3 Å². The SMILES string of the molecule is COc1ccccc1NC(=O)Nc1nc(Oc2ccc3ccccc3c2)nc(N(CCC(=O)O)Cc2ccc(C)cc2)n1. The zero-order chi connectivity index (χ0) is 30.2. The Hall–Kier alpha value is -5.71. The molecule has 0 saturated heterocycles. The number of aliphatic carboxylic acids is 1. The molecular weight excluding hydrogens is 548 g/mol. The van der Waals surface area contributed by atoms with Gasteiger partial charge in [0.25, 0.3) is 0 Å². The maximum absolute atomic E-state index is 13.0. The summed E-state index contributed by atoms with van der Waals surface area (Å²) in [6.45, 7) is 2.41. The van der Waals surface area contributed by atoms with Crippen molar-refractivity contribution in [2.45, 2.75) is 19.9 Å². The predicted molar refractivity (Wildman–Crippen MR) is 164 cm³/mol. The monoisotopic (exact) mass is 578 g/mol. The third-order valence-corrected chi connectivity index (χ3v) is 6.49. The Morgan fingerprint density at radius 3 is 2.37 bits per heavy atom. The summed E-state index contributed by atoms with van der Waals surface area (Å²) in [6.07, 6.45) is -0.157. The third kappa shape index (κ3) is 7.73. The summed E-state index contributed by atoms with van der Waals surface area (Å²) in [4.78, 5) is 39.5. The van der Waals surface area contributed by atoms with E-state index in [1.54, 1.807) is 35.2 Å². The Bertz CT molecular complexity index is 1740. The highest BCUT2D eigenvalue weighted by atomic mass is 16.5. The number of benzene rings is 4. The van der Waals surface area contributed by atoms with Gasteiger partial charge < -0.3 is 24.8 Å². The largest absolute Gasteiger partial charge is 0.495 e. The van der Waals surface area contributed by atoms with Gasteiger partial charge in [-0.2, -0.15) is 15.0 Å². The lowest BCUT2D eigenvalue weighted by atomic mass is 10.1. The number of hydrogen-bond donors (Lipinski definition) is 3. The number of hydrogen-bond acceptors (Lipinski definition) is 8. The molecule has 0 atom stereocenters. The number of carboxylic acid groups (broad SMARTS) is 1. The maximum Gasteiger partial charge on any atom is 0.328 e. The number of amides is 2. The summed E-state index contributed by atoms with van der Waals surface area (Å²) in [5.41, 5.74) is 2.48. The zero-order valence-corrected chi connectivity index (χ0v) is 23.7. The summed E-state index contributed by atoms with van der Waals surface area (Å²) in [6, 6.07) is 27.5. The fourth-order valence-corrected chi connectivity index (χ4v) is 4.32. The minimum Gasteiger partial charge on any atom is -0.495 e. The van der Waals surface area contributed by atoms with Crippen molar-refractivity contribution in [2.75, 3.05) is 29.2 Å².